The first-order chi connectivity index (χ1) is 11.4. The largest absolute Gasteiger partial charge is 0.497 e. The van der Waals surface area contributed by atoms with Crippen LogP contribution >= 0.6 is 0 Å². The van der Waals surface area contributed by atoms with Crippen molar-refractivity contribution in [3.05, 3.63) is 42.5 Å². The van der Waals surface area contributed by atoms with Crippen molar-refractivity contribution < 1.29 is 17.9 Å². The molecule has 0 amide bonds. The second-order valence-corrected chi connectivity index (χ2v) is 7.04. The quantitative estimate of drug-likeness (QED) is 0.802. The molecule has 0 spiro atoms. The third kappa shape index (κ3) is 4.30. The minimum Gasteiger partial charge on any atom is -0.497 e. The summed E-state index contributed by atoms with van der Waals surface area (Å²) in [6.45, 7) is 0. The number of benzene rings is 2. The van der Waals surface area contributed by atoms with Crippen molar-refractivity contribution in [3.63, 3.8) is 0 Å². The fourth-order valence-electron chi connectivity index (χ4n) is 1.93. The maximum Gasteiger partial charge on any atom is 0.301 e. The maximum atomic E-state index is 11.8. The van der Waals surface area contributed by atoms with Crippen molar-refractivity contribution in [2.45, 2.75) is 0 Å². The van der Waals surface area contributed by atoms with Crippen LogP contribution < -0.4 is 19.5 Å². The highest BCUT2D eigenvalue weighted by atomic mass is 32.2. The van der Waals surface area contributed by atoms with Gasteiger partial charge in [-0.1, -0.05) is 0 Å². The number of nitrogens with one attached hydrogen (secondary N) is 2. The van der Waals surface area contributed by atoms with Gasteiger partial charge in [-0.25, -0.2) is 0 Å². The fourth-order valence-corrected chi connectivity index (χ4v) is 2.55. The number of hydrogen-bond acceptors (Lipinski definition) is 5. The number of methoxy groups -OCH3 is 2. The molecule has 0 radical (unpaired) electrons. The summed E-state index contributed by atoms with van der Waals surface area (Å²) in [6, 6.07) is 12.3. The summed E-state index contributed by atoms with van der Waals surface area (Å²) < 4.78 is 37.7. The average Bonchev–Trinajstić information content (AvgIpc) is 2.56. The van der Waals surface area contributed by atoms with Crippen LogP contribution in [-0.2, 0) is 10.2 Å². The molecule has 2 rings (SSSR count). The second-order valence-electron chi connectivity index (χ2n) is 5.16. The number of anilines is 3. The lowest BCUT2D eigenvalue weighted by Gasteiger charge is -2.15. The summed E-state index contributed by atoms with van der Waals surface area (Å²) in [7, 11) is 2.60. The number of nitrogens with zero attached hydrogens (tertiary/aromatic N) is 1. The van der Waals surface area contributed by atoms with Crippen LogP contribution in [-0.4, -0.2) is 41.0 Å². The zero-order chi connectivity index (χ0) is 17.7. The molecular formula is C16H21N3O4S. The van der Waals surface area contributed by atoms with Crippen LogP contribution in [0.25, 0.3) is 0 Å². The Bertz CT molecular complexity index is 789. The SMILES string of the molecule is COc1ccc(OC)c(Nc2ccc(NS(=O)(=O)N(C)C)cc2)c1. The van der Waals surface area contributed by atoms with Gasteiger partial charge in [0.15, 0.2) is 0 Å². The van der Waals surface area contributed by atoms with Gasteiger partial charge in [-0.05, 0) is 36.4 Å². The smallest absolute Gasteiger partial charge is 0.301 e. The molecule has 24 heavy (non-hydrogen) atoms. The normalized spacial score (nSPS) is 11.2. The zero-order valence-electron chi connectivity index (χ0n) is 14.0. The van der Waals surface area contributed by atoms with E-state index in [0.29, 0.717) is 17.2 Å². The van der Waals surface area contributed by atoms with Crippen LogP contribution in [0.15, 0.2) is 42.5 Å². The van der Waals surface area contributed by atoms with E-state index in [9.17, 15) is 8.42 Å². The van der Waals surface area contributed by atoms with E-state index in [4.69, 9.17) is 9.47 Å². The summed E-state index contributed by atoms with van der Waals surface area (Å²) in [5.41, 5.74) is 2.01. The Morgan fingerprint density at radius 2 is 1.54 bits per heavy atom. The highest BCUT2D eigenvalue weighted by Crippen LogP contribution is 2.31. The standard InChI is InChI=1S/C16H21N3O4S/c1-19(2)24(20,21)18-13-7-5-12(6-8-13)17-15-11-14(22-3)9-10-16(15)23-4/h5-11,17-18H,1-4H3. The molecule has 7 nitrogen and oxygen atoms in total. The van der Waals surface area contributed by atoms with E-state index in [1.807, 2.05) is 12.1 Å². The van der Waals surface area contributed by atoms with E-state index in [0.717, 1.165) is 15.7 Å². The van der Waals surface area contributed by atoms with E-state index in [1.54, 1.807) is 44.6 Å². The molecule has 0 unspecified atom stereocenters. The van der Waals surface area contributed by atoms with Crippen LogP contribution in [0.5, 0.6) is 11.5 Å². The molecule has 0 saturated carbocycles. The van der Waals surface area contributed by atoms with Crippen molar-refractivity contribution >= 4 is 27.3 Å². The van der Waals surface area contributed by atoms with Gasteiger partial charge in [-0.15, -0.1) is 0 Å². The molecule has 0 heterocycles. The molecule has 0 bridgehead atoms. The summed E-state index contributed by atoms with van der Waals surface area (Å²) >= 11 is 0. The first kappa shape index (κ1) is 17.9. The Hall–Kier alpha value is -2.45. The van der Waals surface area contributed by atoms with Crippen molar-refractivity contribution in [1.82, 2.24) is 4.31 Å². The molecule has 0 aliphatic heterocycles. The van der Waals surface area contributed by atoms with E-state index in [-0.39, 0.29) is 0 Å². The minimum absolute atomic E-state index is 0.479. The average molecular weight is 351 g/mol. The fraction of sp³-hybridized carbons (Fsp3) is 0.250. The molecular weight excluding hydrogens is 330 g/mol. The van der Waals surface area contributed by atoms with Gasteiger partial charge in [0.25, 0.3) is 0 Å². The minimum atomic E-state index is -3.52. The van der Waals surface area contributed by atoms with Gasteiger partial charge >= 0.3 is 10.2 Å². The Morgan fingerprint density at radius 1 is 0.917 bits per heavy atom. The Kier molecular flexibility index (Phi) is 5.53. The van der Waals surface area contributed by atoms with Gasteiger partial charge in [0, 0.05) is 31.5 Å². The maximum absolute atomic E-state index is 11.8. The molecule has 0 aromatic heterocycles. The van der Waals surface area contributed by atoms with E-state index < -0.39 is 10.2 Å². The van der Waals surface area contributed by atoms with Crippen molar-refractivity contribution in [1.29, 1.82) is 0 Å². The van der Waals surface area contributed by atoms with Gasteiger partial charge < -0.3 is 14.8 Å². The van der Waals surface area contributed by atoms with Gasteiger partial charge in [-0.2, -0.15) is 12.7 Å². The third-order valence-corrected chi connectivity index (χ3v) is 4.75. The van der Waals surface area contributed by atoms with Crippen LogP contribution in [0, 0.1) is 0 Å². The summed E-state index contributed by atoms with van der Waals surface area (Å²) in [4.78, 5) is 0. The Labute approximate surface area is 142 Å². The van der Waals surface area contributed by atoms with Crippen LogP contribution in [0.1, 0.15) is 0 Å². The van der Waals surface area contributed by atoms with Crippen LogP contribution in [0.2, 0.25) is 0 Å². The van der Waals surface area contributed by atoms with Gasteiger partial charge in [-0.3, -0.25) is 4.72 Å². The first-order valence-corrected chi connectivity index (χ1v) is 8.59. The van der Waals surface area contributed by atoms with Gasteiger partial charge in [0.05, 0.1) is 19.9 Å². The van der Waals surface area contributed by atoms with Crippen LogP contribution in [0.4, 0.5) is 17.1 Å². The topological polar surface area (TPSA) is 79.9 Å². The molecule has 0 aliphatic rings. The van der Waals surface area contributed by atoms with Gasteiger partial charge in [0.2, 0.25) is 0 Å². The van der Waals surface area contributed by atoms with Crippen LogP contribution in [0.3, 0.4) is 0 Å². The highest BCUT2D eigenvalue weighted by molar-refractivity contribution is 7.90. The molecule has 0 fully saturated rings. The van der Waals surface area contributed by atoms with Crippen molar-refractivity contribution in [3.8, 4) is 11.5 Å². The summed E-state index contributed by atoms with van der Waals surface area (Å²) in [6.07, 6.45) is 0. The molecule has 2 aromatic rings. The van der Waals surface area contributed by atoms with Crippen molar-refractivity contribution in [2.24, 2.45) is 0 Å². The van der Waals surface area contributed by atoms with Gasteiger partial charge in [0.1, 0.15) is 11.5 Å². The zero-order valence-corrected chi connectivity index (χ0v) is 14.8. The second kappa shape index (κ2) is 7.41. The number of ether oxygens (including phenoxy) is 2. The molecule has 2 N–H and O–H groups in total. The van der Waals surface area contributed by atoms with E-state index >= 15 is 0 Å². The van der Waals surface area contributed by atoms with E-state index in [2.05, 4.69) is 10.0 Å². The molecule has 2 aromatic carbocycles. The van der Waals surface area contributed by atoms with E-state index in [1.165, 1.54) is 14.1 Å². The summed E-state index contributed by atoms with van der Waals surface area (Å²) in [5, 5.41) is 3.22. The molecule has 0 aliphatic carbocycles. The molecule has 0 atom stereocenters. The summed E-state index contributed by atoms with van der Waals surface area (Å²) in [5.74, 6) is 1.38. The lowest BCUT2D eigenvalue weighted by Crippen LogP contribution is -2.28. The lowest BCUT2D eigenvalue weighted by atomic mass is 10.2. The lowest BCUT2D eigenvalue weighted by molar-refractivity contribution is 0.405. The monoisotopic (exact) mass is 351 g/mol. The molecule has 130 valence electrons. The van der Waals surface area contributed by atoms with Crippen molar-refractivity contribution in [2.75, 3.05) is 38.4 Å². The number of rotatable bonds is 7. The predicted octanol–water partition coefficient (Wildman–Crippen LogP) is 2.67. The molecule has 0 saturated heterocycles. The highest BCUT2D eigenvalue weighted by Gasteiger charge is 2.12. The predicted molar refractivity (Wildman–Crippen MR) is 95.5 cm³/mol. The Balaban J connectivity index is 2.18. The number of hydrogen-bond donors (Lipinski definition) is 2. The first-order valence-electron chi connectivity index (χ1n) is 7.15. The Morgan fingerprint density at radius 3 is 2.08 bits per heavy atom. The third-order valence-electron chi connectivity index (χ3n) is 3.30. The molecule has 8 heteroatoms.